The van der Waals surface area contributed by atoms with Gasteiger partial charge < -0.3 is 14.6 Å². The van der Waals surface area contributed by atoms with Crippen LogP contribution in [0.25, 0.3) is 10.4 Å². The highest BCUT2D eigenvalue weighted by Crippen LogP contribution is 2.35. The van der Waals surface area contributed by atoms with Gasteiger partial charge in [-0.25, -0.2) is 10.4 Å². The van der Waals surface area contributed by atoms with Crippen LogP contribution in [-0.2, 0) is 22.4 Å². The molecule has 1 aliphatic rings. The lowest BCUT2D eigenvalue weighted by atomic mass is 9.85. The smallest absolute Gasteiger partial charge is 0.266 e. The zero-order valence-corrected chi connectivity index (χ0v) is 22.7. The fraction of sp³-hybridized carbons (Fsp3) is 0.333. The summed E-state index contributed by atoms with van der Waals surface area (Å²) < 4.78 is 11.8. The van der Waals surface area contributed by atoms with Crippen molar-refractivity contribution in [1.82, 2.24) is 10.9 Å². The van der Waals surface area contributed by atoms with E-state index in [1.54, 1.807) is 24.3 Å². The van der Waals surface area contributed by atoms with Gasteiger partial charge in [0.1, 0.15) is 11.9 Å². The highest BCUT2D eigenvalue weighted by molar-refractivity contribution is 6.00. The first-order chi connectivity index (χ1) is 19.4. The van der Waals surface area contributed by atoms with E-state index in [0.717, 1.165) is 12.0 Å². The Kier molecular flexibility index (Phi) is 9.75. The van der Waals surface area contributed by atoms with E-state index in [2.05, 4.69) is 45.1 Å². The lowest BCUT2D eigenvalue weighted by molar-refractivity contribution is -0.129. The molecule has 208 valence electrons. The van der Waals surface area contributed by atoms with Gasteiger partial charge in [0.2, 0.25) is 5.90 Å². The van der Waals surface area contributed by atoms with E-state index in [1.807, 2.05) is 38.1 Å². The first-order valence-electron chi connectivity index (χ1n) is 13.3. The fourth-order valence-electron chi connectivity index (χ4n) is 4.45. The summed E-state index contributed by atoms with van der Waals surface area (Å²) in [6, 6.07) is 22.6. The maximum absolute atomic E-state index is 13.8. The van der Waals surface area contributed by atoms with E-state index < -0.39 is 11.6 Å². The van der Waals surface area contributed by atoms with Crippen LogP contribution in [0.1, 0.15) is 35.6 Å². The number of hydrogen-bond donors (Lipinski definition) is 3. The predicted octanol–water partition coefficient (Wildman–Crippen LogP) is 4.71. The third kappa shape index (κ3) is 6.98. The van der Waals surface area contributed by atoms with Gasteiger partial charge in [-0.05, 0) is 61.2 Å². The molecular formula is C30H34N6O4. The SMILES string of the molecule is Cc1ccc(CCNNC(=O)[C@@]2(Cc3ccccc3N=[N+]=[N-])N=C(c3ccc(OCCCO)cc3)O[C@H]2C)cc1. The Bertz CT molecular complexity index is 1370. The molecule has 0 saturated carbocycles. The summed E-state index contributed by atoms with van der Waals surface area (Å²) in [6.45, 7) is 4.86. The van der Waals surface area contributed by atoms with Gasteiger partial charge in [0.15, 0.2) is 5.54 Å². The van der Waals surface area contributed by atoms with Crippen molar-refractivity contribution < 1.29 is 19.4 Å². The lowest BCUT2D eigenvalue weighted by Gasteiger charge is -2.28. The number of benzene rings is 3. The van der Waals surface area contributed by atoms with Crippen molar-refractivity contribution in [3.05, 3.63) is 105 Å². The van der Waals surface area contributed by atoms with Crippen molar-refractivity contribution in [3.8, 4) is 5.75 Å². The minimum Gasteiger partial charge on any atom is -0.494 e. The Hall–Kier alpha value is -4.37. The molecule has 0 aliphatic carbocycles. The molecule has 10 heteroatoms. The predicted molar refractivity (Wildman–Crippen MR) is 153 cm³/mol. The van der Waals surface area contributed by atoms with Gasteiger partial charge in [-0.2, -0.15) is 0 Å². The Morgan fingerprint density at radius 2 is 1.90 bits per heavy atom. The number of carbonyl (C=O) groups is 1. The molecule has 4 rings (SSSR count). The van der Waals surface area contributed by atoms with Crippen LogP contribution in [0.3, 0.4) is 0 Å². The topological polar surface area (TPSA) is 141 Å². The van der Waals surface area contributed by atoms with E-state index in [9.17, 15) is 4.79 Å². The minimum absolute atomic E-state index is 0.0639. The summed E-state index contributed by atoms with van der Waals surface area (Å²) in [7, 11) is 0. The first-order valence-corrected chi connectivity index (χ1v) is 13.3. The van der Waals surface area contributed by atoms with E-state index >= 15 is 0 Å². The number of amides is 1. The average molecular weight is 543 g/mol. The van der Waals surface area contributed by atoms with Gasteiger partial charge in [0, 0.05) is 42.2 Å². The zero-order chi connectivity index (χ0) is 28.4. The summed E-state index contributed by atoms with van der Waals surface area (Å²) in [4.78, 5) is 21.6. The molecule has 3 aromatic carbocycles. The highest BCUT2D eigenvalue weighted by atomic mass is 16.5. The van der Waals surface area contributed by atoms with Crippen LogP contribution in [-0.4, -0.2) is 48.3 Å². The Morgan fingerprint density at radius 3 is 2.62 bits per heavy atom. The molecule has 0 aromatic heterocycles. The minimum atomic E-state index is -1.32. The number of rotatable bonds is 13. The summed E-state index contributed by atoms with van der Waals surface area (Å²) in [5.41, 5.74) is 17.8. The molecule has 40 heavy (non-hydrogen) atoms. The van der Waals surface area contributed by atoms with Gasteiger partial charge in [-0.1, -0.05) is 59.2 Å². The lowest BCUT2D eigenvalue weighted by Crippen LogP contribution is -2.56. The summed E-state index contributed by atoms with van der Waals surface area (Å²) in [5, 5.41) is 12.8. The van der Waals surface area contributed by atoms with Crippen LogP contribution in [0.2, 0.25) is 0 Å². The van der Waals surface area contributed by atoms with Crippen LogP contribution in [0.5, 0.6) is 5.75 Å². The number of nitrogens with one attached hydrogen (secondary N) is 2. The molecule has 0 unspecified atom stereocenters. The van der Waals surface area contributed by atoms with Crippen molar-refractivity contribution in [1.29, 1.82) is 0 Å². The fourth-order valence-corrected chi connectivity index (χ4v) is 4.45. The molecular weight excluding hydrogens is 508 g/mol. The van der Waals surface area contributed by atoms with Crippen LogP contribution in [0.15, 0.2) is 82.9 Å². The molecule has 0 spiro atoms. The quantitative estimate of drug-likeness (QED) is 0.0943. The van der Waals surface area contributed by atoms with E-state index in [0.29, 0.717) is 48.0 Å². The van der Waals surface area contributed by atoms with Gasteiger partial charge >= 0.3 is 0 Å². The number of carbonyl (C=O) groups excluding carboxylic acids is 1. The van der Waals surface area contributed by atoms with Crippen molar-refractivity contribution in [2.24, 2.45) is 10.1 Å². The second-order valence-electron chi connectivity index (χ2n) is 9.66. The molecule has 3 aromatic rings. The molecule has 10 nitrogen and oxygen atoms in total. The number of nitrogens with zero attached hydrogens (tertiary/aromatic N) is 4. The molecule has 1 heterocycles. The third-order valence-electron chi connectivity index (χ3n) is 6.79. The van der Waals surface area contributed by atoms with E-state index in [-0.39, 0.29) is 18.9 Å². The van der Waals surface area contributed by atoms with Crippen molar-refractivity contribution >= 4 is 17.5 Å². The Morgan fingerprint density at radius 1 is 1.15 bits per heavy atom. The largest absolute Gasteiger partial charge is 0.494 e. The number of aliphatic hydroxyl groups is 1. The molecule has 1 amide bonds. The Labute approximate surface area is 233 Å². The number of ether oxygens (including phenoxy) is 2. The molecule has 1 aliphatic heterocycles. The third-order valence-corrected chi connectivity index (χ3v) is 6.79. The molecule has 3 N–H and O–H groups in total. The van der Waals surface area contributed by atoms with Gasteiger partial charge in [-0.15, -0.1) is 0 Å². The van der Waals surface area contributed by atoms with Crippen LogP contribution in [0.4, 0.5) is 5.69 Å². The second-order valence-corrected chi connectivity index (χ2v) is 9.66. The van der Waals surface area contributed by atoms with Crippen LogP contribution < -0.4 is 15.6 Å². The van der Waals surface area contributed by atoms with Crippen LogP contribution >= 0.6 is 0 Å². The maximum atomic E-state index is 13.8. The highest BCUT2D eigenvalue weighted by Gasteiger charge is 2.50. The number of hydrogen-bond acceptors (Lipinski definition) is 7. The number of hydrazine groups is 1. The summed E-state index contributed by atoms with van der Waals surface area (Å²) in [6.07, 6.45) is 0.839. The molecule has 0 saturated heterocycles. The maximum Gasteiger partial charge on any atom is 0.266 e. The first kappa shape index (κ1) is 28.6. The monoisotopic (exact) mass is 542 g/mol. The van der Waals surface area contributed by atoms with Crippen LogP contribution in [0, 0.1) is 6.92 Å². The number of aliphatic imine (C=N–C) groups is 1. The van der Waals surface area contributed by atoms with Gasteiger partial charge in [0.25, 0.3) is 5.91 Å². The second kappa shape index (κ2) is 13.6. The van der Waals surface area contributed by atoms with Crippen molar-refractivity contribution in [2.45, 2.75) is 44.8 Å². The van der Waals surface area contributed by atoms with E-state index in [1.165, 1.54) is 5.56 Å². The molecule has 0 bridgehead atoms. The van der Waals surface area contributed by atoms with Crippen molar-refractivity contribution in [2.75, 3.05) is 19.8 Å². The molecule has 2 atom stereocenters. The van der Waals surface area contributed by atoms with Gasteiger partial charge in [0.05, 0.1) is 6.61 Å². The zero-order valence-electron chi connectivity index (χ0n) is 22.7. The van der Waals surface area contributed by atoms with E-state index in [4.69, 9.17) is 25.1 Å². The standard InChI is InChI=1S/C30H34N6O4/c1-21-8-10-23(11-9-21)16-17-32-35-29(38)30(20-25-6-3-4-7-27(25)34-36-31)22(2)40-28(33-30)24-12-14-26(15-13-24)39-19-5-18-37/h3-4,6-15,22,32,37H,5,16-20H2,1-2H3,(H,35,38)/t22-,30-/m0/s1. The number of azide groups is 1. The molecule has 0 fully saturated rings. The summed E-state index contributed by atoms with van der Waals surface area (Å²) >= 11 is 0. The molecule has 0 radical (unpaired) electrons. The summed E-state index contributed by atoms with van der Waals surface area (Å²) in [5.74, 6) is 0.651. The average Bonchev–Trinajstić information content (AvgIpc) is 3.30. The normalized spacial score (nSPS) is 17.9. The van der Waals surface area contributed by atoms with Crippen molar-refractivity contribution in [3.63, 3.8) is 0 Å². The number of aliphatic hydroxyl groups excluding tert-OH is 1. The van der Waals surface area contributed by atoms with Gasteiger partial charge in [-0.3, -0.25) is 10.2 Å². The number of aryl methyl sites for hydroxylation is 1. The Balaban J connectivity index is 1.56.